The first-order chi connectivity index (χ1) is 8.79. The number of carbonyl (C=O) groups is 1. The Morgan fingerprint density at radius 1 is 1.56 bits per heavy atom. The van der Waals surface area contributed by atoms with E-state index in [4.69, 9.17) is 9.15 Å². The number of nitrogens with one attached hydrogen (secondary N) is 2. The number of piperazine rings is 1. The van der Waals surface area contributed by atoms with E-state index in [-0.39, 0.29) is 12.5 Å². The zero-order chi connectivity index (χ0) is 12.8. The molecular formula is C10H17N5O3. The van der Waals surface area contributed by atoms with Gasteiger partial charge in [-0.1, -0.05) is 5.10 Å². The molecule has 0 spiro atoms. The van der Waals surface area contributed by atoms with Crippen LogP contribution in [0.1, 0.15) is 5.89 Å². The van der Waals surface area contributed by atoms with Gasteiger partial charge in [-0.2, -0.15) is 0 Å². The van der Waals surface area contributed by atoms with Gasteiger partial charge in [-0.25, -0.2) is 0 Å². The number of hydrogen-bond donors (Lipinski definition) is 2. The Morgan fingerprint density at radius 2 is 2.44 bits per heavy atom. The molecule has 2 N–H and O–H groups in total. The van der Waals surface area contributed by atoms with Gasteiger partial charge in [0.25, 0.3) is 0 Å². The molecule has 0 unspecified atom stereocenters. The summed E-state index contributed by atoms with van der Waals surface area (Å²) in [5.41, 5.74) is 0. The number of ether oxygens (including phenoxy) is 1. The molecule has 100 valence electrons. The van der Waals surface area contributed by atoms with E-state index in [1.165, 1.54) is 0 Å². The summed E-state index contributed by atoms with van der Waals surface area (Å²) in [7, 11) is 1.65. The molecule has 0 bridgehead atoms. The van der Waals surface area contributed by atoms with Crippen LogP contribution in [0.15, 0.2) is 4.42 Å². The highest BCUT2D eigenvalue weighted by atomic mass is 16.5. The average Bonchev–Trinajstić information content (AvgIpc) is 2.83. The lowest BCUT2D eigenvalue weighted by Gasteiger charge is -2.24. The van der Waals surface area contributed by atoms with Crippen LogP contribution < -0.4 is 15.5 Å². The number of hydrogen-bond acceptors (Lipinski definition) is 7. The summed E-state index contributed by atoms with van der Waals surface area (Å²) in [6.45, 7) is 3.40. The predicted octanol–water partition coefficient (Wildman–Crippen LogP) is -1.26. The molecule has 1 aromatic heterocycles. The SMILES string of the molecule is COCCNCc1nnc(N2CCNC(=O)C2)o1. The van der Waals surface area contributed by atoms with Gasteiger partial charge in [0.1, 0.15) is 6.54 Å². The number of nitrogens with zero attached hydrogens (tertiary/aromatic N) is 3. The van der Waals surface area contributed by atoms with Gasteiger partial charge in [-0.05, 0) is 0 Å². The van der Waals surface area contributed by atoms with Crippen molar-refractivity contribution in [3.63, 3.8) is 0 Å². The highest BCUT2D eigenvalue weighted by Crippen LogP contribution is 2.12. The lowest BCUT2D eigenvalue weighted by Crippen LogP contribution is -2.47. The molecule has 0 aromatic carbocycles. The van der Waals surface area contributed by atoms with Crippen molar-refractivity contribution in [3.8, 4) is 0 Å². The minimum absolute atomic E-state index is 0.0285. The molecule has 1 aliphatic heterocycles. The first kappa shape index (κ1) is 12.8. The summed E-state index contributed by atoms with van der Waals surface area (Å²) in [5.74, 6) is 0.478. The lowest BCUT2D eigenvalue weighted by atomic mass is 10.4. The molecule has 0 atom stereocenters. The van der Waals surface area contributed by atoms with E-state index in [0.717, 1.165) is 6.54 Å². The number of rotatable bonds is 6. The van der Waals surface area contributed by atoms with Crippen LogP contribution in [0.4, 0.5) is 6.01 Å². The lowest BCUT2D eigenvalue weighted by molar-refractivity contribution is -0.120. The fourth-order valence-corrected chi connectivity index (χ4v) is 1.62. The van der Waals surface area contributed by atoms with Crippen LogP contribution in [0.5, 0.6) is 0 Å². The molecule has 8 nitrogen and oxygen atoms in total. The molecule has 8 heteroatoms. The van der Waals surface area contributed by atoms with Gasteiger partial charge in [0.05, 0.1) is 13.2 Å². The molecule has 1 aliphatic rings. The Bertz CT molecular complexity index is 395. The number of carbonyl (C=O) groups excluding carboxylic acids is 1. The van der Waals surface area contributed by atoms with Crippen molar-refractivity contribution in [1.82, 2.24) is 20.8 Å². The van der Waals surface area contributed by atoms with Crippen LogP contribution in [-0.4, -0.2) is 56.0 Å². The minimum Gasteiger partial charge on any atom is -0.407 e. The molecule has 0 radical (unpaired) electrons. The number of amides is 1. The van der Waals surface area contributed by atoms with Crippen LogP contribution in [0.3, 0.4) is 0 Å². The molecule has 1 aromatic rings. The standard InChI is InChI=1S/C10H17N5O3/c1-17-5-3-11-6-9-13-14-10(18-9)15-4-2-12-8(16)7-15/h11H,2-7H2,1H3,(H,12,16). The Labute approximate surface area is 105 Å². The minimum atomic E-state index is -0.0285. The molecule has 2 heterocycles. The monoisotopic (exact) mass is 255 g/mol. The highest BCUT2D eigenvalue weighted by Gasteiger charge is 2.21. The van der Waals surface area contributed by atoms with Crippen molar-refractivity contribution in [2.75, 3.05) is 44.8 Å². The molecule has 1 saturated heterocycles. The zero-order valence-electron chi connectivity index (χ0n) is 10.3. The van der Waals surface area contributed by atoms with E-state index in [1.807, 2.05) is 0 Å². The fourth-order valence-electron chi connectivity index (χ4n) is 1.62. The molecule has 18 heavy (non-hydrogen) atoms. The van der Waals surface area contributed by atoms with E-state index in [1.54, 1.807) is 12.0 Å². The Morgan fingerprint density at radius 3 is 3.22 bits per heavy atom. The summed E-state index contributed by atoms with van der Waals surface area (Å²) >= 11 is 0. The van der Waals surface area contributed by atoms with Crippen LogP contribution in [0, 0.1) is 0 Å². The quantitative estimate of drug-likeness (QED) is 0.613. The Balaban J connectivity index is 1.83. The highest BCUT2D eigenvalue weighted by molar-refractivity contribution is 5.81. The van der Waals surface area contributed by atoms with E-state index in [0.29, 0.717) is 38.1 Å². The second-order valence-corrected chi connectivity index (χ2v) is 3.92. The van der Waals surface area contributed by atoms with Crippen molar-refractivity contribution < 1.29 is 13.9 Å². The van der Waals surface area contributed by atoms with Crippen LogP contribution >= 0.6 is 0 Å². The summed E-state index contributed by atoms with van der Waals surface area (Å²) in [4.78, 5) is 13.0. The molecule has 0 saturated carbocycles. The summed E-state index contributed by atoms with van der Waals surface area (Å²) in [5, 5.41) is 13.7. The number of aromatic nitrogens is 2. The Hall–Kier alpha value is -1.67. The van der Waals surface area contributed by atoms with Crippen molar-refractivity contribution in [2.24, 2.45) is 0 Å². The molecule has 1 amide bonds. The second kappa shape index (κ2) is 6.31. The number of anilines is 1. The van der Waals surface area contributed by atoms with E-state index < -0.39 is 0 Å². The van der Waals surface area contributed by atoms with Gasteiger partial charge in [-0.15, -0.1) is 5.10 Å². The number of methoxy groups -OCH3 is 1. The molecule has 0 aliphatic carbocycles. The molecular weight excluding hydrogens is 238 g/mol. The van der Waals surface area contributed by atoms with Gasteiger partial charge in [0.2, 0.25) is 11.8 Å². The van der Waals surface area contributed by atoms with Crippen molar-refractivity contribution in [1.29, 1.82) is 0 Å². The third kappa shape index (κ3) is 3.41. The van der Waals surface area contributed by atoms with E-state index in [9.17, 15) is 4.79 Å². The van der Waals surface area contributed by atoms with Crippen molar-refractivity contribution >= 4 is 11.9 Å². The van der Waals surface area contributed by atoms with Crippen molar-refractivity contribution in [2.45, 2.75) is 6.54 Å². The largest absolute Gasteiger partial charge is 0.407 e. The first-order valence-corrected chi connectivity index (χ1v) is 5.83. The van der Waals surface area contributed by atoms with Crippen LogP contribution in [0.25, 0.3) is 0 Å². The van der Waals surface area contributed by atoms with Gasteiger partial charge in [0, 0.05) is 26.7 Å². The third-order valence-corrected chi connectivity index (χ3v) is 2.52. The van der Waals surface area contributed by atoms with Crippen LogP contribution in [0.2, 0.25) is 0 Å². The van der Waals surface area contributed by atoms with Gasteiger partial charge in [0.15, 0.2) is 0 Å². The van der Waals surface area contributed by atoms with Gasteiger partial charge in [-0.3, -0.25) is 4.79 Å². The second-order valence-electron chi connectivity index (χ2n) is 3.92. The van der Waals surface area contributed by atoms with Crippen LogP contribution in [-0.2, 0) is 16.1 Å². The predicted molar refractivity (Wildman–Crippen MR) is 63.1 cm³/mol. The van der Waals surface area contributed by atoms with Crippen molar-refractivity contribution in [3.05, 3.63) is 5.89 Å². The zero-order valence-corrected chi connectivity index (χ0v) is 10.3. The fraction of sp³-hybridized carbons (Fsp3) is 0.700. The molecule has 1 fully saturated rings. The van der Waals surface area contributed by atoms with E-state index >= 15 is 0 Å². The average molecular weight is 255 g/mol. The normalized spacial score (nSPS) is 15.8. The summed E-state index contributed by atoms with van der Waals surface area (Å²) < 4.78 is 10.4. The smallest absolute Gasteiger partial charge is 0.318 e. The maximum absolute atomic E-state index is 11.2. The maximum Gasteiger partial charge on any atom is 0.318 e. The molecule has 2 rings (SSSR count). The Kier molecular flexibility index (Phi) is 4.48. The topological polar surface area (TPSA) is 92.5 Å². The summed E-state index contributed by atoms with van der Waals surface area (Å²) in [6.07, 6.45) is 0. The summed E-state index contributed by atoms with van der Waals surface area (Å²) in [6, 6.07) is 0.397. The van der Waals surface area contributed by atoms with E-state index in [2.05, 4.69) is 20.8 Å². The van der Waals surface area contributed by atoms with Gasteiger partial charge < -0.3 is 24.7 Å². The third-order valence-electron chi connectivity index (χ3n) is 2.52. The maximum atomic E-state index is 11.2. The van der Waals surface area contributed by atoms with Gasteiger partial charge >= 0.3 is 6.01 Å². The first-order valence-electron chi connectivity index (χ1n) is 5.83.